The van der Waals surface area contributed by atoms with E-state index in [1.165, 1.54) is 24.3 Å². The summed E-state index contributed by atoms with van der Waals surface area (Å²) < 4.78 is 12.0. The highest BCUT2D eigenvalue weighted by atomic mass is 32.2. The van der Waals surface area contributed by atoms with Crippen LogP contribution in [0.4, 0.5) is 0 Å². The molecular formula is C11H13NO4S. The Bertz CT molecular complexity index is 472. The molecule has 1 rings (SSSR count). The number of carbonyl (C=O) groups is 2. The minimum atomic E-state index is -1.62. The summed E-state index contributed by atoms with van der Waals surface area (Å²) in [5, 5.41) is 8.01. The highest BCUT2D eigenvalue weighted by Gasteiger charge is 2.22. The number of benzene rings is 1. The fraction of sp³-hybridized carbons (Fsp3) is 0.273. The smallest absolute Gasteiger partial charge is 0.335 e. The van der Waals surface area contributed by atoms with Crippen molar-refractivity contribution in [1.29, 1.82) is 0 Å². The van der Waals surface area contributed by atoms with Crippen molar-refractivity contribution in [2.75, 3.05) is 0 Å². The number of hydrogen-bond donors (Lipinski definition) is 2. The number of carboxylic acids is 1. The molecule has 1 aromatic rings. The van der Waals surface area contributed by atoms with Gasteiger partial charge in [-0.25, -0.2) is 4.79 Å². The van der Waals surface area contributed by atoms with E-state index in [9.17, 15) is 13.8 Å². The molecule has 0 aliphatic rings. The summed E-state index contributed by atoms with van der Waals surface area (Å²) in [5.74, 6) is -1.75. The van der Waals surface area contributed by atoms with Gasteiger partial charge in [0.2, 0.25) is 5.91 Å². The number of primary amides is 1. The Hall–Kier alpha value is -1.69. The molecule has 0 bridgehead atoms. The molecule has 0 fully saturated rings. The second kappa shape index (κ2) is 5.58. The third-order valence-electron chi connectivity index (χ3n) is 2.26. The highest BCUT2D eigenvalue weighted by molar-refractivity contribution is 7.86. The van der Waals surface area contributed by atoms with Crippen LogP contribution in [0.1, 0.15) is 23.7 Å². The van der Waals surface area contributed by atoms with Gasteiger partial charge in [-0.15, -0.1) is 0 Å². The summed E-state index contributed by atoms with van der Waals surface area (Å²) in [6.07, 6.45) is 0.346. The Morgan fingerprint density at radius 1 is 1.47 bits per heavy atom. The van der Waals surface area contributed by atoms with Crippen LogP contribution in [0, 0.1) is 0 Å². The molecule has 0 aliphatic carbocycles. The zero-order valence-corrected chi connectivity index (χ0v) is 10.1. The predicted molar refractivity (Wildman–Crippen MR) is 63.1 cm³/mol. The summed E-state index contributed by atoms with van der Waals surface area (Å²) in [7, 11) is -1.62. The molecule has 1 amide bonds. The van der Waals surface area contributed by atoms with Crippen molar-refractivity contribution in [3.63, 3.8) is 0 Å². The van der Waals surface area contributed by atoms with Crippen molar-refractivity contribution >= 4 is 22.7 Å². The van der Waals surface area contributed by atoms with Crippen LogP contribution in [0.3, 0.4) is 0 Å². The first-order valence-electron chi connectivity index (χ1n) is 5.00. The number of aromatic carboxylic acids is 1. The SMILES string of the molecule is CCC(C(N)=O)S(=O)c1cccc(C(=O)O)c1. The molecule has 0 aromatic heterocycles. The molecule has 2 atom stereocenters. The summed E-state index contributed by atoms with van der Waals surface area (Å²) >= 11 is 0. The standard InChI is InChI=1S/C11H13NO4S/c1-2-9(10(12)13)17(16)8-5-3-4-7(6-8)11(14)15/h3-6,9H,2H2,1H3,(H2,12,13)(H,14,15). The second-order valence-electron chi connectivity index (χ2n) is 3.43. The molecule has 0 radical (unpaired) electrons. The number of carboxylic acid groups (broad SMARTS) is 1. The molecule has 3 N–H and O–H groups in total. The van der Waals surface area contributed by atoms with Crippen molar-refractivity contribution in [2.24, 2.45) is 5.73 Å². The third kappa shape index (κ3) is 3.13. The van der Waals surface area contributed by atoms with Gasteiger partial charge in [0.25, 0.3) is 0 Å². The van der Waals surface area contributed by atoms with Gasteiger partial charge in [0, 0.05) is 4.90 Å². The van der Waals surface area contributed by atoms with E-state index in [1.54, 1.807) is 6.92 Å². The van der Waals surface area contributed by atoms with Crippen LogP contribution in [0.25, 0.3) is 0 Å². The summed E-state index contributed by atoms with van der Waals surface area (Å²) in [6, 6.07) is 5.71. The average Bonchev–Trinajstić information content (AvgIpc) is 2.29. The lowest BCUT2D eigenvalue weighted by atomic mass is 10.2. The number of hydrogen-bond acceptors (Lipinski definition) is 3. The molecule has 17 heavy (non-hydrogen) atoms. The van der Waals surface area contributed by atoms with E-state index in [2.05, 4.69) is 0 Å². The van der Waals surface area contributed by atoms with Crippen LogP contribution in [0.15, 0.2) is 29.2 Å². The maximum Gasteiger partial charge on any atom is 0.335 e. The van der Waals surface area contributed by atoms with Gasteiger partial charge in [-0.05, 0) is 24.6 Å². The molecule has 0 heterocycles. The van der Waals surface area contributed by atoms with Crippen molar-refractivity contribution in [1.82, 2.24) is 0 Å². The first-order valence-corrected chi connectivity index (χ1v) is 6.22. The van der Waals surface area contributed by atoms with Gasteiger partial charge < -0.3 is 10.8 Å². The Balaban J connectivity index is 3.07. The zero-order chi connectivity index (χ0) is 13.0. The van der Waals surface area contributed by atoms with Crippen LogP contribution >= 0.6 is 0 Å². The molecule has 92 valence electrons. The van der Waals surface area contributed by atoms with Crippen molar-refractivity contribution in [2.45, 2.75) is 23.5 Å². The van der Waals surface area contributed by atoms with E-state index < -0.39 is 27.9 Å². The van der Waals surface area contributed by atoms with E-state index in [-0.39, 0.29) is 5.56 Å². The fourth-order valence-corrected chi connectivity index (χ4v) is 2.67. The molecule has 1 aromatic carbocycles. The van der Waals surface area contributed by atoms with E-state index >= 15 is 0 Å². The Morgan fingerprint density at radius 3 is 2.59 bits per heavy atom. The molecule has 6 heteroatoms. The summed E-state index contributed by atoms with van der Waals surface area (Å²) in [6.45, 7) is 1.70. The van der Waals surface area contributed by atoms with E-state index in [4.69, 9.17) is 10.8 Å². The largest absolute Gasteiger partial charge is 0.478 e. The lowest BCUT2D eigenvalue weighted by Crippen LogP contribution is -2.31. The van der Waals surface area contributed by atoms with E-state index in [0.29, 0.717) is 11.3 Å². The maximum atomic E-state index is 12.0. The van der Waals surface area contributed by atoms with Gasteiger partial charge in [0.05, 0.1) is 16.4 Å². The molecule has 0 spiro atoms. The monoisotopic (exact) mass is 255 g/mol. The third-order valence-corrected chi connectivity index (χ3v) is 4.06. The molecule has 0 aliphatic heterocycles. The number of nitrogens with two attached hydrogens (primary N) is 1. The predicted octanol–water partition coefficient (Wildman–Crippen LogP) is 0.756. The number of amides is 1. The van der Waals surface area contributed by atoms with Crippen LogP contribution in [-0.4, -0.2) is 26.4 Å². The van der Waals surface area contributed by atoms with Crippen LogP contribution < -0.4 is 5.73 Å². The first-order chi connectivity index (χ1) is 7.97. The molecule has 5 nitrogen and oxygen atoms in total. The van der Waals surface area contributed by atoms with Crippen LogP contribution in [0.5, 0.6) is 0 Å². The van der Waals surface area contributed by atoms with Gasteiger partial charge in [-0.2, -0.15) is 0 Å². The number of rotatable bonds is 5. The van der Waals surface area contributed by atoms with Gasteiger partial charge in [0.15, 0.2) is 0 Å². The summed E-state index contributed by atoms with van der Waals surface area (Å²) in [5.41, 5.74) is 5.17. The van der Waals surface area contributed by atoms with Gasteiger partial charge in [-0.3, -0.25) is 9.00 Å². The summed E-state index contributed by atoms with van der Waals surface area (Å²) in [4.78, 5) is 22.1. The van der Waals surface area contributed by atoms with Crippen molar-refractivity contribution in [3.05, 3.63) is 29.8 Å². The first kappa shape index (κ1) is 13.4. The van der Waals surface area contributed by atoms with Crippen LogP contribution in [-0.2, 0) is 15.6 Å². The van der Waals surface area contributed by atoms with Gasteiger partial charge >= 0.3 is 5.97 Å². The van der Waals surface area contributed by atoms with E-state index in [1.807, 2.05) is 0 Å². The minimum absolute atomic E-state index is 0.0372. The Kier molecular flexibility index (Phi) is 4.39. The van der Waals surface area contributed by atoms with Crippen molar-refractivity contribution in [3.8, 4) is 0 Å². The fourth-order valence-electron chi connectivity index (χ4n) is 1.38. The lowest BCUT2D eigenvalue weighted by Gasteiger charge is -2.10. The normalized spacial score (nSPS) is 13.9. The second-order valence-corrected chi connectivity index (χ2v) is 5.06. The zero-order valence-electron chi connectivity index (χ0n) is 9.25. The van der Waals surface area contributed by atoms with Crippen molar-refractivity contribution < 1.29 is 18.9 Å². The molecule has 0 saturated heterocycles. The maximum absolute atomic E-state index is 12.0. The molecular weight excluding hydrogens is 242 g/mol. The topological polar surface area (TPSA) is 97.5 Å². The highest BCUT2D eigenvalue weighted by Crippen LogP contribution is 2.15. The average molecular weight is 255 g/mol. The van der Waals surface area contributed by atoms with E-state index in [0.717, 1.165) is 0 Å². The lowest BCUT2D eigenvalue weighted by molar-refractivity contribution is -0.117. The molecule has 2 unspecified atom stereocenters. The molecule has 0 saturated carbocycles. The quantitative estimate of drug-likeness (QED) is 0.811. The number of carbonyl (C=O) groups excluding carboxylic acids is 1. The van der Waals surface area contributed by atoms with Gasteiger partial charge in [0.1, 0.15) is 5.25 Å². The Labute approximate surface area is 101 Å². The Morgan fingerprint density at radius 2 is 2.12 bits per heavy atom. The van der Waals surface area contributed by atoms with Crippen LogP contribution in [0.2, 0.25) is 0 Å². The van der Waals surface area contributed by atoms with Gasteiger partial charge in [-0.1, -0.05) is 13.0 Å². The minimum Gasteiger partial charge on any atom is -0.478 e.